The first-order valence-corrected chi connectivity index (χ1v) is 7.90. The quantitative estimate of drug-likeness (QED) is 0.422. The standard InChI is InChI=1S/C17H17N3O.HNO3/c1-20-9-13(12-4-2-3-5-16(12)20)17(21)11-6-7-14-15(8-11)19-10-18-14;2-1(3)4/h2-5,9-11H,6-8H2,1H3,(H,18,19);(H,2,3,4)/t11-;/m1./s1. The highest BCUT2D eigenvalue weighted by Gasteiger charge is 2.28. The molecule has 0 saturated carbocycles. The van der Waals surface area contributed by atoms with Gasteiger partial charge in [-0.2, -0.15) is 0 Å². The Morgan fingerprint density at radius 2 is 2.16 bits per heavy atom. The van der Waals surface area contributed by atoms with Crippen LogP contribution in [0.15, 0.2) is 36.8 Å². The fourth-order valence-electron chi connectivity index (χ4n) is 3.38. The molecule has 3 aromatic rings. The molecule has 25 heavy (non-hydrogen) atoms. The van der Waals surface area contributed by atoms with E-state index in [1.54, 1.807) is 6.33 Å². The van der Waals surface area contributed by atoms with Gasteiger partial charge in [0, 0.05) is 41.3 Å². The van der Waals surface area contributed by atoms with Crippen LogP contribution in [0.4, 0.5) is 0 Å². The lowest BCUT2D eigenvalue weighted by Crippen LogP contribution is -2.22. The van der Waals surface area contributed by atoms with Gasteiger partial charge < -0.3 is 14.8 Å². The largest absolute Gasteiger partial charge is 0.350 e. The smallest absolute Gasteiger partial charge is 0.291 e. The number of H-pyrrole nitrogens is 1. The molecule has 0 saturated heterocycles. The Bertz CT molecular complexity index is 924. The number of fused-ring (bicyclic) bond motifs is 2. The van der Waals surface area contributed by atoms with Gasteiger partial charge in [-0.1, -0.05) is 18.2 Å². The molecule has 1 atom stereocenters. The van der Waals surface area contributed by atoms with E-state index in [4.69, 9.17) is 15.3 Å². The van der Waals surface area contributed by atoms with Crippen LogP contribution in [0.2, 0.25) is 0 Å². The van der Waals surface area contributed by atoms with E-state index < -0.39 is 5.09 Å². The first-order valence-electron chi connectivity index (χ1n) is 7.90. The van der Waals surface area contributed by atoms with Crippen LogP contribution >= 0.6 is 0 Å². The van der Waals surface area contributed by atoms with Crippen molar-refractivity contribution in [2.75, 3.05) is 0 Å². The molecule has 0 fully saturated rings. The number of aromatic nitrogens is 3. The van der Waals surface area contributed by atoms with Crippen molar-refractivity contribution in [3.05, 3.63) is 63.9 Å². The summed E-state index contributed by atoms with van der Waals surface area (Å²) in [6, 6.07) is 8.09. The summed E-state index contributed by atoms with van der Waals surface area (Å²) in [4.78, 5) is 28.7. The molecule has 8 nitrogen and oxygen atoms in total. The normalized spacial score (nSPS) is 16.0. The number of carbonyl (C=O) groups is 1. The van der Waals surface area contributed by atoms with E-state index in [0.717, 1.165) is 47.1 Å². The van der Waals surface area contributed by atoms with E-state index in [2.05, 4.69) is 16.0 Å². The second-order valence-corrected chi connectivity index (χ2v) is 6.04. The predicted octanol–water partition coefficient (Wildman–Crippen LogP) is 2.54. The van der Waals surface area contributed by atoms with Crippen molar-refractivity contribution in [3.8, 4) is 0 Å². The van der Waals surface area contributed by atoms with Crippen LogP contribution < -0.4 is 0 Å². The average Bonchev–Trinajstić information content (AvgIpc) is 3.18. The maximum atomic E-state index is 12.9. The van der Waals surface area contributed by atoms with Crippen LogP contribution in [0, 0.1) is 16.0 Å². The Morgan fingerprint density at radius 1 is 1.44 bits per heavy atom. The molecule has 0 aliphatic heterocycles. The first kappa shape index (κ1) is 16.7. The summed E-state index contributed by atoms with van der Waals surface area (Å²) in [6.45, 7) is 0. The molecule has 8 heteroatoms. The fourth-order valence-corrected chi connectivity index (χ4v) is 3.38. The Labute approximate surface area is 143 Å². The van der Waals surface area contributed by atoms with Crippen molar-refractivity contribution in [1.29, 1.82) is 0 Å². The summed E-state index contributed by atoms with van der Waals surface area (Å²) in [5.74, 6) is 0.316. The zero-order valence-corrected chi connectivity index (χ0v) is 13.7. The minimum Gasteiger partial charge on any atom is -0.350 e. The number of benzene rings is 1. The highest BCUT2D eigenvalue weighted by atomic mass is 16.9. The van der Waals surface area contributed by atoms with Gasteiger partial charge in [-0.05, 0) is 25.3 Å². The van der Waals surface area contributed by atoms with Gasteiger partial charge in [0.15, 0.2) is 5.78 Å². The second kappa shape index (κ2) is 6.76. The number of nitrogens with zero attached hydrogens (tertiary/aromatic N) is 3. The van der Waals surface area contributed by atoms with Gasteiger partial charge in [0.2, 0.25) is 0 Å². The van der Waals surface area contributed by atoms with Gasteiger partial charge in [0.05, 0.1) is 12.0 Å². The average molecular weight is 342 g/mol. The number of nitrogens with one attached hydrogen (secondary N) is 1. The monoisotopic (exact) mass is 342 g/mol. The zero-order chi connectivity index (χ0) is 18.0. The van der Waals surface area contributed by atoms with Gasteiger partial charge in [-0.15, -0.1) is 10.1 Å². The maximum absolute atomic E-state index is 12.9. The van der Waals surface area contributed by atoms with Crippen LogP contribution in [0.5, 0.6) is 0 Å². The molecular formula is C17H18N4O4. The van der Waals surface area contributed by atoms with Gasteiger partial charge in [0.25, 0.3) is 5.09 Å². The number of ketones is 1. The van der Waals surface area contributed by atoms with E-state index in [-0.39, 0.29) is 11.7 Å². The number of imidazole rings is 1. The molecule has 4 rings (SSSR count). The van der Waals surface area contributed by atoms with Crippen LogP contribution in [-0.2, 0) is 19.9 Å². The minimum atomic E-state index is -1.50. The maximum Gasteiger partial charge on any atom is 0.291 e. The topological polar surface area (TPSA) is 114 Å². The lowest BCUT2D eigenvalue weighted by atomic mass is 9.84. The molecule has 0 bridgehead atoms. The number of para-hydroxylation sites is 1. The summed E-state index contributed by atoms with van der Waals surface area (Å²) in [6.07, 6.45) is 6.25. The summed E-state index contributed by atoms with van der Waals surface area (Å²) in [5.41, 5.74) is 4.21. The summed E-state index contributed by atoms with van der Waals surface area (Å²) >= 11 is 0. The third-order valence-corrected chi connectivity index (χ3v) is 4.52. The number of rotatable bonds is 2. The van der Waals surface area contributed by atoms with Crippen molar-refractivity contribution in [2.24, 2.45) is 13.0 Å². The van der Waals surface area contributed by atoms with Crippen molar-refractivity contribution in [1.82, 2.24) is 14.5 Å². The number of hydrogen-bond donors (Lipinski definition) is 2. The number of hydrogen-bond acceptors (Lipinski definition) is 4. The Morgan fingerprint density at radius 3 is 2.92 bits per heavy atom. The number of aryl methyl sites for hydroxylation is 2. The van der Waals surface area contributed by atoms with Crippen molar-refractivity contribution in [3.63, 3.8) is 0 Å². The molecule has 1 aliphatic rings. The highest BCUT2D eigenvalue weighted by Crippen LogP contribution is 2.29. The van der Waals surface area contributed by atoms with Gasteiger partial charge >= 0.3 is 0 Å². The molecule has 0 spiro atoms. The van der Waals surface area contributed by atoms with Gasteiger partial charge in [0.1, 0.15) is 0 Å². The molecule has 0 radical (unpaired) electrons. The van der Waals surface area contributed by atoms with Crippen LogP contribution in [0.1, 0.15) is 28.2 Å². The van der Waals surface area contributed by atoms with Crippen LogP contribution in [-0.4, -0.2) is 30.6 Å². The van der Waals surface area contributed by atoms with Crippen LogP contribution in [0.3, 0.4) is 0 Å². The SMILES string of the molecule is Cn1cc(C(=O)[C@@H]2CCc3nc[nH]c3C2)c2ccccc21.O=[N+]([O-])O. The van der Waals surface area contributed by atoms with E-state index in [9.17, 15) is 4.79 Å². The molecule has 130 valence electrons. The molecule has 1 aromatic carbocycles. The minimum absolute atomic E-state index is 0.0590. The number of aromatic amines is 1. The van der Waals surface area contributed by atoms with E-state index in [1.807, 2.05) is 36.0 Å². The van der Waals surface area contributed by atoms with Crippen molar-refractivity contribution >= 4 is 16.7 Å². The molecule has 1 aliphatic carbocycles. The highest BCUT2D eigenvalue weighted by molar-refractivity contribution is 6.09. The zero-order valence-electron chi connectivity index (χ0n) is 13.7. The number of Topliss-reactive ketones (excluding diaryl/α,β-unsaturated/α-hetero) is 1. The van der Waals surface area contributed by atoms with E-state index in [0.29, 0.717) is 0 Å². The summed E-state index contributed by atoms with van der Waals surface area (Å²) < 4.78 is 2.03. The summed E-state index contributed by atoms with van der Waals surface area (Å²) in [5, 5.41) is 14.7. The van der Waals surface area contributed by atoms with E-state index >= 15 is 0 Å². The fraction of sp³-hybridized carbons (Fsp3) is 0.294. The molecule has 2 N–H and O–H groups in total. The van der Waals surface area contributed by atoms with Gasteiger partial charge in [-0.3, -0.25) is 4.79 Å². The lowest BCUT2D eigenvalue weighted by Gasteiger charge is -2.19. The lowest BCUT2D eigenvalue weighted by molar-refractivity contribution is -0.742. The summed E-state index contributed by atoms with van der Waals surface area (Å²) in [7, 11) is 1.99. The third-order valence-electron chi connectivity index (χ3n) is 4.52. The Balaban J connectivity index is 0.000000415. The molecular weight excluding hydrogens is 324 g/mol. The van der Waals surface area contributed by atoms with E-state index in [1.165, 1.54) is 0 Å². The molecule has 2 heterocycles. The van der Waals surface area contributed by atoms with Crippen molar-refractivity contribution in [2.45, 2.75) is 19.3 Å². The number of carbonyl (C=O) groups excluding carboxylic acids is 1. The second-order valence-electron chi connectivity index (χ2n) is 6.04. The Hall–Kier alpha value is -3.16. The molecule has 0 unspecified atom stereocenters. The first-order chi connectivity index (χ1) is 12.0. The van der Waals surface area contributed by atoms with Gasteiger partial charge in [-0.25, -0.2) is 4.98 Å². The van der Waals surface area contributed by atoms with Crippen LogP contribution in [0.25, 0.3) is 10.9 Å². The Kier molecular flexibility index (Phi) is 4.51. The van der Waals surface area contributed by atoms with Crippen molar-refractivity contribution < 1.29 is 15.1 Å². The predicted molar refractivity (Wildman–Crippen MR) is 90.1 cm³/mol. The molecule has 0 amide bonds. The third kappa shape index (κ3) is 3.37. The molecule has 2 aromatic heterocycles.